The van der Waals surface area contributed by atoms with Crippen molar-refractivity contribution in [2.75, 3.05) is 7.11 Å². The van der Waals surface area contributed by atoms with Crippen LogP contribution in [0.5, 0.6) is 5.75 Å². The Morgan fingerprint density at radius 2 is 2.04 bits per heavy atom. The number of urea groups is 1. The summed E-state index contributed by atoms with van der Waals surface area (Å²) in [7, 11) is 3.49. The summed E-state index contributed by atoms with van der Waals surface area (Å²) in [5, 5.41) is 8.47. The average Bonchev–Trinajstić information content (AvgIpc) is 3.05. The lowest BCUT2D eigenvalue weighted by Gasteiger charge is -2.30. The van der Waals surface area contributed by atoms with E-state index in [1.165, 1.54) is 0 Å². The van der Waals surface area contributed by atoms with Gasteiger partial charge in [0.2, 0.25) is 0 Å². The number of ether oxygens (including phenoxy) is 1. The molecular formula is C20H25N5O3. The maximum atomic E-state index is 13.0. The number of aromatic nitrogens is 2. The molecular weight excluding hydrogens is 358 g/mol. The Kier molecular flexibility index (Phi) is 5.39. The van der Waals surface area contributed by atoms with Gasteiger partial charge in [0.05, 0.1) is 25.3 Å². The van der Waals surface area contributed by atoms with E-state index in [9.17, 15) is 9.59 Å². The zero-order chi connectivity index (χ0) is 20.4. The Morgan fingerprint density at radius 3 is 2.68 bits per heavy atom. The third-order valence-corrected chi connectivity index (χ3v) is 4.94. The van der Waals surface area contributed by atoms with Gasteiger partial charge in [-0.3, -0.25) is 4.79 Å². The molecule has 3 amide bonds. The minimum atomic E-state index is -0.556. The number of amides is 3. The van der Waals surface area contributed by atoms with E-state index in [4.69, 9.17) is 4.74 Å². The van der Waals surface area contributed by atoms with Gasteiger partial charge < -0.3 is 25.3 Å². The molecule has 1 unspecified atom stereocenters. The van der Waals surface area contributed by atoms with E-state index in [1.807, 2.05) is 43.8 Å². The van der Waals surface area contributed by atoms with Crippen LogP contribution in [0.2, 0.25) is 0 Å². The third-order valence-electron chi connectivity index (χ3n) is 4.94. The summed E-state index contributed by atoms with van der Waals surface area (Å²) in [6.07, 6.45) is 3.50. The fourth-order valence-corrected chi connectivity index (χ4v) is 3.39. The van der Waals surface area contributed by atoms with E-state index in [0.29, 0.717) is 17.8 Å². The van der Waals surface area contributed by atoms with Gasteiger partial charge in [0.1, 0.15) is 11.6 Å². The maximum Gasteiger partial charge on any atom is 0.319 e. The second kappa shape index (κ2) is 7.75. The molecule has 1 aromatic heterocycles. The summed E-state index contributed by atoms with van der Waals surface area (Å²) in [5.74, 6) is 1.25. The van der Waals surface area contributed by atoms with Gasteiger partial charge in [0.15, 0.2) is 0 Å². The standard InChI is InChI=1S/C20H25N5O3/c1-11-9-15(28-5)12(2)8-14(11)18-17(13(3)23-20(27)24-18)19(26)22-10-16-21-6-7-25(16)4/h6-9,18H,10H2,1-5H3,(H,22,26)(H2,23,24,27). The number of aryl methyl sites for hydroxylation is 3. The summed E-state index contributed by atoms with van der Waals surface area (Å²) in [6.45, 7) is 5.89. The van der Waals surface area contributed by atoms with E-state index in [0.717, 1.165) is 28.3 Å². The summed E-state index contributed by atoms with van der Waals surface area (Å²) in [5.41, 5.74) is 3.72. The number of methoxy groups -OCH3 is 1. The summed E-state index contributed by atoms with van der Waals surface area (Å²) >= 11 is 0. The van der Waals surface area contributed by atoms with Crippen molar-refractivity contribution in [3.05, 3.63) is 58.3 Å². The van der Waals surface area contributed by atoms with Crippen molar-refractivity contribution in [3.8, 4) is 5.75 Å². The number of imidazole rings is 1. The summed E-state index contributed by atoms with van der Waals surface area (Å²) in [6, 6.07) is 2.97. The van der Waals surface area contributed by atoms with Gasteiger partial charge in [-0.15, -0.1) is 0 Å². The minimum absolute atomic E-state index is 0.258. The van der Waals surface area contributed by atoms with Crippen LogP contribution in [-0.2, 0) is 18.4 Å². The first-order chi connectivity index (χ1) is 13.3. The molecule has 28 heavy (non-hydrogen) atoms. The van der Waals surface area contributed by atoms with Crippen molar-refractivity contribution >= 4 is 11.9 Å². The van der Waals surface area contributed by atoms with Crippen molar-refractivity contribution in [1.82, 2.24) is 25.5 Å². The molecule has 0 aliphatic carbocycles. The SMILES string of the molecule is COc1cc(C)c(C2NC(=O)NC(C)=C2C(=O)NCc2nccn2C)cc1C. The highest BCUT2D eigenvalue weighted by Crippen LogP contribution is 2.32. The van der Waals surface area contributed by atoms with Gasteiger partial charge >= 0.3 is 6.03 Å². The second-order valence-corrected chi connectivity index (χ2v) is 6.89. The molecule has 0 radical (unpaired) electrons. The summed E-state index contributed by atoms with van der Waals surface area (Å²) in [4.78, 5) is 29.3. The summed E-state index contributed by atoms with van der Waals surface area (Å²) < 4.78 is 7.22. The van der Waals surface area contributed by atoms with Gasteiger partial charge in [-0.2, -0.15) is 0 Å². The van der Waals surface area contributed by atoms with E-state index in [-0.39, 0.29) is 11.9 Å². The largest absolute Gasteiger partial charge is 0.496 e. The Balaban J connectivity index is 1.94. The normalized spacial score (nSPS) is 16.5. The Labute approximate surface area is 164 Å². The number of nitrogens with one attached hydrogen (secondary N) is 3. The molecule has 1 aliphatic rings. The number of hydrogen-bond donors (Lipinski definition) is 3. The predicted molar refractivity (Wildman–Crippen MR) is 105 cm³/mol. The zero-order valence-corrected chi connectivity index (χ0v) is 16.7. The number of hydrogen-bond acceptors (Lipinski definition) is 4. The van der Waals surface area contributed by atoms with Gasteiger partial charge in [0, 0.05) is 25.1 Å². The van der Waals surface area contributed by atoms with Gasteiger partial charge in [0.25, 0.3) is 5.91 Å². The van der Waals surface area contributed by atoms with Crippen LogP contribution in [-0.4, -0.2) is 28.6 Å². The first kappa shape index (κ1) is 19.5. The topological polar surface area (TPSA) is 97.3 Å². The number of benzene rings is 1. The lowest BCUT2D eigenvalue weighted by molar-refractivity contribution is -0.118. The molecule has 0 bridgehead atoms. The molecule has 3 N–H and O–H groups in total. The quantitative estimate of drug-likeness (QED) is 0.736. The highest BCUT2D eigenvalue weighted by Gasteiger charge is 2.32. The van der Waals surface area contributed by atoms with E-state index >= 15 is 0 Å². The van der Waals surface area contributed by atoms with Crippen molar-refractivity contribution in [1.29, 1.82) is 0 Å². The van der Waals surface area contributed by atoms with Crippen LogP contribution < -0.4 is 20.7 Å². The van der Waals surface area contributed by atoms with Crippen LogP contribution in [0, 0.1) is 13.8 Å². The zero-order valence-electron chi connectivity index (χ0n) is 16.7. The lowest BCUT2D eigenvalue weighted by Crippen LogP contribution is -2.47. The highest BCUT2D eigenvalue weighted by atomic mass is 16.5. The van der Waals surface area contributed by atoms with Crippen molar-refractivity contribution < 1.29 is 14.3 Å². The Morgan fingerprint density at radius 1 is 1.29 bits per heavy atom. The molecule has 0 fully saturated rings. The first-order valence-corrected chi connectivity index (χ1v) is 8.99. The lowest BCUT2D eigenvalue weighted by atomic mass is 9.90. The molecule has 1 aliphatic heterocycles. The molecule has 3 rings (SSSR count). The van der Waals surface area contributed by atoms with Gasteiger partial charge in [-0.1, -0.05) is 0 Å². The van der Waals surface area contributed by atoms with Crippen LogP contribution in [0.25, 0.3) is 0 Å². The van der Waals surface area contributed by atoms with Crippen LogP contribution in [0.15, 0.2) is 35.8 Å². The van der Waals surface area contributed by atoms with Gasteiger partial charge in [-0.25, -0.2) is 9.78 Å². The number of carbonyl (C=O) groups excluding carboxylic acids is 2. The van der Waals surface area contributed by atoms with E-state index in [2.05, 4.69) is 20.9 Å². The fourth-order valence-electron chi connectivity index (χ4n) is 3.39. The molecule has 1 aromatic carbocycles. The minimum Gasteiger partial charge on any atom is -0.496 e. The molecule has 8 nitrogen and oxygen atoms in total. The maximum absolute atomic E-state index is 13.0. The highest BCUT2D eigenvalue weighted by molar-refractivity contribution is 5.98. The van der Waals surface area contributed by atoms with Crippen molar-refractivity contribution in [2.24, 2.45) is 7.05 Å². The van der Waals surface area contributed by atoms with Crippen LogP contribution >= 0.6 is 0 Å². The Hall–Kier alpha value is -3.29. The Bertz CT molecular complexity index is 961. The number of nitrogens with zero attached hydrogens (tertiary/aromatic N) is 2. The number of allylic oxidation sites excluding steroid dienone is 1. The molecule has 2 aromatic rings. The fraction of sp³-hybridized carbons (Fsp3) is 0.350. The molecule has 1 atom stereocenters. The second-order valence-electron chi connectivity index (χ2n) is 6.89. The molecule has 2 heterocycles. The molecule has 0 spiro atoms. The average molecular weight is 383 g/mol. The van der Waals surface area contributed by atoms with Crippen molar-refractivity contribution in [2.45, 2.75) is 33.4 Å². The smallest absolute Gasteiger partial charge is 0.319 e. The van der Waals surface area contributed by atoms with E-state index in [1.54, 1.807) is 20.2 Å². The number of rotatable bonds is 5. The van der Waals surface area contributed by atoms with Crippen molar-refractivity contribution in [3.63, 3.8) is 0 Å². The molecule has 148 valence electrons. The third kappa shape index (κ3) is 3.71. The molecule has 8 heteroatoms. The van der Waals surface area contributed by atoms with Crippen LogP contribution in [0.3, 0.4) is 0 Å². The van der Waals surface area contributed by atoms with Gasteiger partial charge in [-0.05, 0) is 49.6 Å². The molecule has 0 saturated heterocycles. The van der Waals surface area contributed by atoms with Crippen LogP contribution in [0.4, 0.5) is 4.79 Å². The predicted octanol–water partition coefficient (Wildman–Crippen LogP) is 1.99. The molecule has 0 saturated carbocycles. The first-order valence-electron chi connectivity index (χ1n) is 8.99. The monoisotopic (exact) mass is 383 g/mol. The number of carbonyl (C=O) groups is 2. The van der Waals surface area contributed by atoms with Crippen LogP contribution in [0.1, 0.15) is 35.5 Å². The van der Waals surface area contributed by atoms with E-state index < -0.39 is 6.04 Å².